The van der Waals surface area contributed by atoms with E-state index in [1.165, 1.54) is 0 Å². The highest BCUT2D eigenvalue weighted by molar-refractivity contribution is 6.36. The number of nitrogens with one attached hydrogen (secondary N) is 1. The minimum atomic E-state index is -0.195. The van der Waals surface area contributed by atoms with Crippen LogP contribution < -0.4 is 5.32 Å². The Morgan fingerprint density at radius 1 is 1.05 bits per heavy atom. The number of halogens is 2. The van der Waals surface area contributed by atoms with Crippen LogP contribution in [0.3, 0.4) is 0 Å². The van der Waals surface area contributed by atoms with Crippen molar-refractivity contribution in [3.63, 3.8) is 0 Å². The van der Waals surface area contributed by atoms with Gasteiger partial charge in [0.25, 0.3) is 5.91 Å². The number of hydrogen-bond donors (Lipinski definition) is 1. The SMILES string of the molecule is CC(C)C(NC(=O)c1ccc(Cl)cc1Cl)c1ccccc1. The molecule has 0 radical (unpaired) electrons. The number of carbonyl (C=O) groups excluding carboxylic acids is 1. The predicted octanol–water partition coefficient (Wildman–Crippen LogP) is 5.12. The Morgan fingerprint density at radius 3 is 2.29 bits per heavy atom. The molecule has 0 aromatic heterocycles. The summed E-state index contributed by atoms with van der Waals surface area (Å²) < 4.78 is 0. The first-order chi connectivity index (χ1) is 9.99. The van der Waals surface area contributed by atoms with Crippen molar-refractivity contribution < 1.29 is 4.79 Å². The van der Waals surface area contributed by atoms with Crippen LogP contribution in [0.2, 0.25) is 10.0 Å². The van der Waals surface area contributed by atoms with Crippen molar-refractivity contribution in [2.75, 3.05) is 0 Å². The fourth-order valence-electron chi connectivity index (χ4n) is 2.19. The lowest BCUT2D eigenvalue weighted by atomic mass is 9.95. The molecule has 0 aliphatic rings. The van der Waals surface area contributed by atoms with Crippen molar-refractivity contribution in [3.05, 3.63) is 69.7 Å². The maximum absolute atomic E-state index is 12.4. The molecule has 2 aromatic rings. The van der Waals surface area contributed by atoms with Crippen molar-refractivity contribution >= 4 is 29.1 Å². The molecular weight excluding hydrogens is 305 g/mol. The fourth-order valence-corrected chi connectivity index (χ4v) is 2.68. The van der Waals surface area contributed by atoms with Gasteiger partial charge in [0, 0.05) is 5.02 Å². The third-order valence-corrected chi connectivity index (χ3v) is 3.84. The molecule has 0 fully saturated rings. The lowest BCUT2D eigenvalue weighted by Gasteiger charge is -2.23. The molecule has 0 aliphatic heterocycles. The second-order valence-corrected chi connectivity index (χ2v) is 6.07. The number of benzene rings is 2. The molecule has 0 aliphatic carbocycles. The first-order valence-electron chi connectivity index (χ1n) is 6.80. The minimum Gasteiger partial charge on any atom is -0.345 e. The predicted molar refractivity (Wildman–Crippen MR) is 87.9 cm³/mol. The van der Waals surface area contributed by atoms with Gasteiger partial charge in [-0.05, 0) is 29.7 Å². The van der Waals surface area contributed by atoms with Crippen LogP contribution in [-0.4, -0.2) is 5.91 Å². The standard InChI is InChI=1S/C17H17Cl2NO/c1-11(2)16(12-6-4-3-5-7-12)20-17(21)14-9-8-13(18)10-15(14)19/h3-11,16H,1-2H3,(H,20,21). The number of amides is 1. The Hall–Kier alpha value is -1.51. The van der Waals surface area contributed by atoms with Crippen LogP contribution in [0.25, 0.3) is 0 Å². The molecule has 4 heteroatoms. The monoisotopic (exact) mass is 321 g/mol. The summed E-state index contributed by atoms with van der Waals surface area (Å²) in [5.41, 5.74) is 1.51. The minimum absolute atomic E-state index is 0.0644. The van der Waals surface area contributed by atoms with Gasteiger partial charge in [-0.15, -0.1) is 0 Å². The van der Waals surface area contributed by atoms with Crippen LogP contribution in [0.1, 0.15) is 35.8 Å². The molecule has 2 nitrogen and oxygen atoms in total. The Labute approximate surface area is 135 Å². The molecule has 0 spiro atoms. The topological polar surface area (TPSA) is 29.1 Å². The van der Waals surface area contributed by atoms with Crippen molar-refractivity contribution in [3.8, 4) is 0 Å². The summed E-state index contributed by atoms with van der Waals surface area (Å²) in [4.78, 5) is 12.4. The molecule has 1 amide bonds. The lowest BCUT2D eigenvalue weighted by Crippen LogP contribution is -2.31. The fraction of sp³-hybridized carbons (Fsp3) is 0.235. The van der Waals surface area contributed by atoms with E-state index in [4.69, 9.17) is 23.2 Å². The van der Waals surface area contributed by atoms with Crippen LogP contribution in [0.15, 0.2) is 48.5 Å². The average Bonchev–Trinajstić information content (AvgIpc) is 2.45. The van der Waals surface area contributed by atoms with E-state index >= 15 is 0 Å². The smallest absolute Gasteiger partial charge is 0.253 e. The average molecular weight is 322 g/mol. The summed E-state index contributed by atoms with van der Waals surface area (Å²) in [6.07, 6.45) is 0. The van der Waals surface area contributed by atoms with Gasteiger partial charge >= 0.3 is 0 Å². The van der Waals surface area contributed by atoms with Gasteiger partial charge in [-0.3, -0.25) is 4.79 Å². The Bertz CT molecular complexity index is 626. The molecule has 0 heterocycles. The summed E-state index contributed by atoms with van der Waals surface area (Å²) in [6.45, 7) is 4.14. The van der Waals surface area contributed by atoms with Crippen LogP contribution in [0.5, 0.6) is 0 Å². The van der Waals surface area contributed by atoms with E-state index in [2.05, 4.69) is 19.2 Å². The molecular formula is C17H17Cl2NO. The summed E-state index contributed by atoms with van der Waals surface area (Å²) in [5, 5.41) is 3.91. The van der Waals surface area contributed by atoms with Crippen LogP contribution in [0, 0.1) is 5.92 Å². The van der Waals surface area contributed by atoms with Crippen LogP contribution >= 0.6 is 23.2 Å². The Morgan fingerprint density at radius 2 is 1.71 bits per heavy atom. The van der Waals surface area contributed by atoms with Gasteiger partial charge in [-0.1, -0.05) is 67.4 Å². The van der Waals surface area contributed by atoms with Gasteiger partial charge in [0.05, 0.1) is 16.6 Å². The first-order valence-corrected chi connectivity index (χ1v) is 7.55. The van der Waals surface area contributed by atoms with Gasteiger partial charge in [0.1, 0.15) is 0 Å². The van der Waals surface area contributed by atoms with Crippen molar-refractivity contribution in [1.82, 2.24) is 5.32 Å². The lowest BCUT2D eigenvalue weighted by molar-refractivity contribution is 0.0926. The van der Waals surface area contributed by atoms with E-state index in [1.807, 2.05) is 30.3 Å². The zero-order valence-corrected chi connectivity index (χ0v) is 13.4. The third kappa shape index (κ3) is 3.99. The molecule has 110 valence electrons. The molecule has 2 aromatic carbocycles. The van der Waals surface area contributed by atoms with Crippen LogP contribution in [0.4, 0.5) is 0 Å². The molecule has 1 unspecified atom stereocenters. The van der Waals surface area contributed by atoms with Gasteiger partial charge in [-0.25, -0.2) is 0 Å². The summed E-state index contributed by atoms with van der Waals surface area (Å²) in [5.74, 6) is 0.0710. The van der Waals surface area contributed by atoms with E-state index in [9.17, 15) is 4.79 Å². The molecule has 21 heavy (non-hydrogen) atoms. The van der Waals surface area contributed by atoms with Crippen molar-refractivity contribution in [2.24, 2.45) is 5.92 Å². The highest BCUT2D eigenvalue weighted by Gasteiger charge is 2.20. The number of carbonyl (C=O) groups is 1. The maximum atomic E-state index is 12.4. The van der Waals surface area contributed by atoms with E-state index in [0.717, 1.165) is 5.56 Å². The molecule has 0 bridgehead atoms. The summed E-state index contributed by atoms with van der Waals surface area (Å²) in [6, 6.07) is 14.7. The summed E-state index contributed by atoms with van der Waals surface area (Å²) >= 11 is 11.9. The quantitative estimate of drug-likeness (QED) is 0.831. The van der Waals surface area contributed by atoms with E-state index in [1.54, 1.807) is 18.2 Å². The summed E-state index contributed by atoms with van der Waals surface area (Å²) in [7, 11) is 0. The van der Waals surface area contributed by atoms with E-state index in [-0.39, 0.29) is 17.9 Å². The highest BCUT2D eigenvalue weighted by Crippen LogP contribution is 2.25. The first kappa shape index (κ1) is 15.9. The number of hydrogen-bond acceptors (Lipinski definition) is 1. The second-order valence-electron chi connectivity index (χ2n) is 5.23. The van der Waals surface area contributed by atoms with Crippen molar-refractivity contribution in [1.29, 1.82) is 0 Å². The third-order valence-electron chi connectivity index (χ3n) is 3.29. The molecule has 0 saturated heterocycles. The van der Waals surface area contributed by atoms with E-state index in [0.29, 0.717) is 15.6 Å². The van der Waals surface area contributed by atoms with Crippen LogP contribution in [-0.2, 0) is 0 Å². The normalized spacial score (nSPS) is 12.2. The second kappa shape index (κ2) is 6.97. The van der Waals surface area contributed by atoms with Gasteiger partial charge in [-0.2, -0.15) is 0 Å². The van der Waals surface area contributed by atoms with Gasteiger partial charge < -0.3 is 5.32 Å². The molecule has 1 atom stereocenters. The molecule has 2 rings (SSSR count). The zero-order chi connectivity index (χ0) is 15.4. The highest BCUT2D eigenvalue weighted by atomic mass is 35.5. The Balaban J connectivity index is 2.23. The molecule has 0 saturated carbocycles. The zero-order valence-electron chi connectivity index (χ0n) is 11.9. The maximum Gasteiger partial charge on any atom is 0.253 e. The number of rotatable bonds is 4. The Kier molecular flexibility index (Phi) is 5.27. The van der Waals surface area contributed by atoms with E-state index < -0.39 is 0 Å². The largest absolute Gasteiger partial charge is 0.345 e. The van der Waals surface area contributed by atoms with Crippen molar-refractivity contribution in [2.45, 2.75) is 19.9 Å². The van der Waals surface area contributed by atoms with Gasteiger partial charge in [0.2, 0.25) is 0 Å². The molecule has 1 N–H and O–H groups in total. The van der Waals surface area contributed by atoms with Gasteiger partial charge in [0.15, 0.2) is 0 Å².